The lowest BCUT2D eigenvalue weighted by Crippen LogP contribution is -2.30. The molecule has 12 heteroatoms. The largest absolute Gasteiger partial charge is 0.280 e. The van der Waals surface area contributed by atoms with Crippen LogP contribution >= 0.6 is 11.7 Å². The van der Waals surface area contributed by atoms with Gasteiger partial charge in [0.25, 0.3) is 26.0 Å². The Labute approximate surface area is 182 Å². The quantitative estimate of drug-likeness (QED) is 0.438. The van der Waals surface area contributed by atoms with Gasteiger partial charge in [-0.2, -0.15) is 8.75 Å². The number of fused-ring (bicyclic) bond motifs is 1. The summed E-state index contributed by atoms with van der Waals surface area (Å²) in [5.74, 6) is -0.768. The number of aromatic nitrogens is 2. The van der Waals surface area contributed by atoms with Gasteiger partial charge in [-0.25, -0.2) is 21.6 Å². The number of nitrogens with zero attached hydrogens (tertiary/aromatic N) is 2. The second kappa shape index (κ2) is 8.06. The van der Waals surface area contributed by atoms with Crippen molar-refractivity contribution in [2.24, 2.45) is 0 Å². The van der Waals surface area contributed by atoms with E-state index in [1.54, 1.807) is 30.3 Å². The minimum Gasteiger partial charge on any atom is -0.280 e. The highest BCUT2D eigenvalue weighted by Gasteiger charge is 2.21. The highest BCUT2D eigenvalue weighted by atomic mass is 32.2. The Morgan fingerprint density at radius 1 is 0.774 bits per heavy atom. The number of nitrogens with one attached hydrogen (secondary N) is 2. The van der Waals surface area contributed by atoms with Crippen molar-refractivity contribution in [1.82, 2.24) is 13.5 Å². The van der Waals surface area contributed by atoms with Gasteiger partial charge in [0.2, 0.25) is 0 Å². The fourth-order valence-electron chi connectivity index (χ4n) is 2.74. The van der Waals surface area contributed by atoms with Gasteiger partial charge in [-0.15, -0.1) is 0 Å². The van der Waals surface area contributed by atoms with Gasteiger partial charge in [0, 0.05) is 11.3 Å². The van der Waals surface area contributed by atoms with Crippen molar-refractivity contribution in [2.45, 2.75) is 9.79 Å². The van der Waals surface area contributed by atoms with E-state index in [4.69, 9.17) is 0 Å². The number of rotatable bonds is 6. The Morgan fingerprint density at radius 3 is 2.19 bits per heavy atom. The number of benzene rings is 3. The zero-order valence-corrected chi connectivity index (χ0v) is 18.0. The summed E-state index contributed by atoms with van der Waals surface area (Å²) < 4.78 is 62.8. The van der Waals surface area contributed by atoms with Gasteiger partial charge >= 0.3 is 0 Å². The van der Waals surface area contributed by atoms with Crippen LogP contribution in [0.25, 0.3) is 11.0 Å². The van der Waals surface area contributed by atoms with Gasteiger partial charge < -0.3 is 0 Å². The molecule has 4 aromatic rings. The molecular formula is C19H14N4O5S3. The van der Waals surface area contributed by atoms with E-state index < -0.39 is 26.0 Å². The highest BCUT2D eigenvalue weighted by molar-refractivity contribution is 7.93. The fourth-order valence-corrected chi connectivity index (χ4v) is 5.54. The first-order valence-corrected chi connectivity index (χ1v) is 12.4. The average Bonchev–Trinajstić information content (AvgIpc) is 3.23. The molecule has 0 unspecified atom stereocenters. The summed E-state index contributed by atoms with van der Waals surface area (Å²) in [6.07, 6.45) is 0. The van der Waals surface area contributed by atoms with E-state index >= 15 is 0 Å². The summed E-state index contributed by atoms with van der Waals surface area (Å²) in [4.78, 5) is 11.9. The molecule has 1 amide bonds. The third kappa shape index (κ3) is 4.40. The summed E-state index contributed by atoms with van der Waals surface area (Å²) in [5, 5.41) is 0. The standard InChI is InChI=1S/C19H14N4O5S3/c24-19(13-5-2-1-3-6-13)23-30(25,26)15-11-9-14(10-12-15)22-31(27,28)17-8-4-7-16-18(17)21-29-20-16/h1-12,22H,(H,23,24). The van der Waals surface area contributed by atoms with Crippen LogP contribution < -0.4 is 9.44 Å². The highest BCUT2D eigenvalue weighted by Crippen LogP contribution is 2.24. The van der Waals surface area contributed by atoms with E-state index in [1.807, 2.05) is 4.72 Å². The first-order valence-electron chi connectivity index (χ1n) is 8.73. The Bertz CT molecular complexity index is 1470. The second-order valence-electron chi connectivity index (χ2n) is 6.32. The minimum absolute atomic E-state index is 0.0365. The molecular weight excluding hydrogens is 460 g/mol. The van der Waals surface area contributed by atoms with Crippen LogP contribution in [0.5, 0.6) is 0 Å². The molecule has 0 radical (unpaired) electrons. The number of carbonyl (C=O) groups is 1. The summed E-state index contributed by atoms with van der Waals surface area (Å²) in [7, 11) is -8.11. The van der Waals surface area contributed by atoms with E-state index in [-0.39, 0.29) is 26.6 Å². The molecule has 0 saturated heterocycles. The van der Waals surface area contributed by atoms with Crippen molar-refractivity contribution < 1.29 is 21.6 Å². The normalized spacial score (nSPS) is 11.9. The molecule has 0 aliphatic carbocycles. The molecule has 0 aliphatic rings. The van der Waals surface area contributed by atoms with Crippen molar-refractivity contribution >= 4 is 54.4 Å². The van der Waals surface area contributed by atoms with Gasteiger partial charge in [-0.05, 0) is 48.5 Å². The minimum atomic E-state index is -4.14. The van der Waals surface area contributed by atoms with Gasteiger partial charge in [0.05, 0.1) is 16.6 Å². The lowest BCUT2D eigenvalue weighted by Gasteiger charge is -2.10. The van der Waals surface area contributed by atoms with Crippen molar-refractivity contribution in [3.63, 3.8) is 0 Å². The fraction of sp³-hybridized carbons (Fsp3) is 0. The molecule has 0 saturated carbocycles. The van der Waals surface area contributed by atoms with Crippen LogP contribution in [0.1, 0.15) is 10.4 Å². The zero-order valence-electron chi connectivity index (χ0n) is 15.6. The predicted octanol–water partition coefficient (Wildman–Crippen LogP) is 2.61. The molecule has 3 aromatic carbocycles. The topological polar surface area (TPSA) is 135 Å². The first kappa shape index (κ1) is 20.9. The first-order chi connectivity index (χ1) is 14.8. The maximum Gasteiger partial charge on any atom is 0.264 e. The number of amides is 1. The van der Waals surface area contributed by atoms with Crippen LogP contribution in [0.2, 0.25) is 0 Å². The van der Waals surface area contributed by atoms with Crippen LogP contribution in [0.15, 0.2) is 82.6 Å². The summed E-state index contributed by atoms with van der Waals surface area (Å²) in [5.41, 5.74) is 1.06. The van der Waals surface area contributed by atoms with E-state index in [0.717, 1.165) is 11.7 Å². The Hall–Kier alpha value is -3.35. The van der Waals surface area contributed by atoms with Crippen LogP contribution in [-0.4, -0.2) is 31.5 Å². The summed E-state index contributed by atoms with van der Waals surface area (Å²) in [6.45, 7) is 0. The van der Waals surface area contributed by atoms with E-state index in [9.17, 15) is 21.6 Å². The monoisotopic (exact) mass is 474 g/mol. The molecule has 2 N–H and O–H groups in total. The van der Waals surface area contributed by atoms with Crippen molar-refractivity contribution in [1.29, 1.82) is 0 Å². The van der Waals surface area contributed by atoms with Crippen molar-refractivity contribution in [3.05, 3.63) is 78.4 Å². The summed E-state index contributed by atoms with van der Waals surface area (Å²) >= 11 is 0.904. The molecule has 31 heavy (non-hydrogen) atoms. The van der Waals surface area contributed by atoms with Crippen molar-refractivity contribution in [3.8, 4) is 0 Å². The lowest BCUT2D eigenvalue weighted by atomic mass is 10.2. The molecule has 1 heterocycles. The molecule has 0 atom stereocenters. The molecule has 0 bridgehead atoms. The molecule has 0 fully saturated rings. The van der Waals surface area contributed by atoms with E-state index in [1.165, 1.54) is 42.5 Å². The van der Waals surface area contributed by atoms with Gasteiger partial charge in [0.1, 0.15) is 15.9 Å². The van der Waals surface area contributed by atoms with Crippen LogP contribution in [0, 0.1) is 0 Å². The number of sulfonamides is 2. The maximum absolute atomic E-state index is 12.7. The Balaban J connectivity index is 1.54. The molecule has 0 aliphatic heterocycles. The van der Waals surface area contributed by atoms with Gasteiger partial charge in [-0.1, -0.05) is 24.3 Å². The molecule has 9 nitrogen and oxygen atoms in total. The van der Waals surface area contributed by atoms with Crippen LogP contribution in [-0.2, 0) is 20.0 Å². The maximum atomic E-state index is 12.7. The number of hydrogen-bond donors (Lipinski definition) is 2. The second-order valence-corrected chi connectivity index (χ2v) is 10.2. The van der Waals surface area contributed by atoms with Gasteiger partial charge in [-0.3, -0.25) is 9.52 Å². The van der Waals surface area contributed by atoms with Crippen LogP contribution in [0.3, 0.4) is 0 Å². The predicted molar refractivity (Wildman–Crippen MR) is 116 cm³/mol. The Kier molecular flexibility index (Phi) is 5.43. The molecule has 158 valence electrons. The summed E-state index contributed by atoms with van der Waals surface area (Å²) in [6, 6.07) is 17.5. The smallest absolute Gasteiger partial charge is 0.264 e. The third-order valence-corrected chi connectivity index (χ3v) is 7.52. The molecule has 4 rings (SSSR count). The molecule has 1 aromatic heterocycles. The van der Waals surface area contributed by atoms with E-state index in [2.05, 4.69) is 13.5 Å². The SMILES string of the molecule is O=C(NS(=O)(=O)c1ccc(NS(=O)(=O)c2cccc3nsnc23)cc1)c1ccccc1. The van der Waals surface area contributed by atoms with Crippen molar-refractivity contribution in [2.75, 3.05) is 4.72 Å². The van der Waals surface area contributed by atoms with Crippen LogP contribution in [0.4, 0.5) is 5.69 Å². The lowest BCUT2D eigenvalue weighted by molar-refractivity contribution is 0.0981. The third-order valence-electron chi connectivity index (χ3n) is 4.22. The number of hydrogen-bond acceptors (Lipinski definition) is 8. The zero-order chi connectivity index (χ0) is 22.1. The average molecular weight is 475 g/mol. The molecule has 0 spiro atoms. The number of carbonyl (C=O) groups excluding carboxylic acids is 1. The number of anilines is 1. The Morgan fingerprint density at radius 2 is 1.48 bits per heavy atom. The van der Waals surface area contributed by atoms with E-state index in [0.29, 0.717) is 5.52 Å². The van der Waals surface area contributed by atoms with Gasteiger partial charge in [0.15, 0.2) is 0 Å².